The zero-order valence-corrected chi connectivity index (χ0v) is 17.1. The number of ether oxygens (including phenoxy) is 1. The summed E-state index contributed by atoms with van der Waals surface area (Å²) >= 11 is 0. The summed E-state index contributed by atoms with van der Waals surface area (Å²) < 4.78 is 45.8. The van der Waals surface area contributed by atoms with E-state index in [9.17, 15) is 18.0 Å². The first kappa shape index (κ1) is 22.2. The Hall–Kier alpha value is -2.46. The van der Waals surface area contributed by atoms with Crippen molar-refractivity contribution in [1.29, 1.82) is 0 Å². The van der Waals surface area contributed by atoms with Gasteiger partial charge in [0.25, 0.3) is 0 Å². The topological polar surface area (TPSA) is 72.3 Å². The molecule has 1 aromatic carbocycles. The van der Waals surface area contributed by atoms with Crippen LogP contribution in [-0.4, -0.2) is 52.4 Å². The first-order valence-electron chi connectivity index (χ1n) is 9.86. The second kappa shape index (κ2) is 9.57. The Morgan fingerprint density at radius 3 is 2.80 bits per heavy atom. The first-order chi connectivity index (χ1) is 14.3. The number of benzene rings is 1. The number of alkyl halides is 3. The Balaban J connectivity index is 1.63. The van der Waals surface area contributed by atoms with E-state index in [1.54, 1.807) is 13.2 Å². The molecule has 1 N–H and O–H groups in total. The maximum absolute atomic E-state index is 13.0. The lowest BCUT2D eigenvalue weighted by molar-refractivity contribution is -0.137. The molecule has 1 atom stereocenters. The van der Waals surface area contributed by atoms with Gasteiger partial charge in [0.05, 0.1) is 18.2 Å². The fourth-order valence-electron chi connectivity index (χ4n) is 3.54. The van der Waals surface area contributed by atoms with Crippen molar-refractivity contribution >= 4 is 5.91 Å². The molecule has 1 aliphatic heterocycles. The van der Waals surface area contributed by atoms with Crippen molar-refractivity contribution in [3.63, 3.8) is 0 Å². The van der Waals surface area contributed by atoms with E-state index in [1.807, 2.05) is 11.5 Å². The van der Waals surface area contributed by atoms with Crippen molar-refractivity contribution < 1.29 is 22.7 Å². The fraction of sp³-hybridized carbons (Fsp3) is 0.550. The lowest BCUT2D eigenvalue weighted by atomic mass is 10.1. The van der Waals surface area contributed by atoms with Crippen LogP contribution in [0, 0.1) is 0 Å². The van der Waals surface area contributed by atoms with Gasteiger partial charge >= 0.3 is 6.18 Å². The minimum Gasteiger partial charge on any atom is -0.384 e. The minimum atomic E-state index is -4.35. The average molecular weight is 425 g/mol. The van der Waals surface area contributed by atoms with E-state index >= 15 is 0 Å². The molecule has 0 spiro atoms. The lowest BCUT2D eigenvalue weighted by Gasteiger charge is -2.21. The highest BCUT2D eigenvalue weighted by Crippen LogP contribution is 2.30. The van der Waals surface area contributed by atoms with Crippen LogP contribution in [0.15, 0.2) is 24.3 Å². The van der Waals surface area contributed by atoms with Crippen molar-refractivity contribution in [2.45, 2.75) is 45.1 Å². The molecule has 0 aliphatic carbocycles. The zero-order valence-electron chi connectivity index (χ0n) is 17.1. The SMILES string of the molecule is COCCC(=O)NC(C)c1nnc2n1CCN(Cc1cccc(C(F)(F)F)c1)CC2. The molecule has 2 aromatic rings. The maximum Gasteiger partial charge on any atom is 0.416 e. The third-order valence-electron chi connectivity index (χ3n) is 5.11. The summed E-state index contributed by atoms with van der Waals surface area (Å²) in [5, 5.41) is 11.4. The number of hydrogen-bond acceptors (Lipinski definition) is 5. The van der Waals surface area contributed by atoms with Crippen molar-refractivity contribution in [3.05, 3.63) is 47.0 Å². The van der Waals surface area contributed by atoms with E-state index in [2.05, 4.69) is 20.4 Å². The molecular weight excluding hydrogens is 399 g/mol. The molecule has 1 amide bonds. The van der Waals surface area contributed by atoms with E-state index in [0.29, 0.717) is 50.6 Å². The summed E-state index contributed by atoms with van der Waals surface area (Å²) in [5.74, 6) is 1.37. The number of aromatic nitrogens is 3. The molecule has 10 heteroatoms. The van der Waals surface area contributed by atoms with Gasteiger partial charge in [-0.15, -0.1) is 10.2 Å². The lowest BCUT2D eigenvalue weighted by Crippen LogP contribution is -2.30. The third-order valence-corrected chi connectivity index (χ3v) is 5.11. The molecule has 0 fully saturated rings. The van der Waals surface area contributed by atoms with Gasteiger partial charge in [-0.05, 0) is 18.6 Å². The van der Waals surface area contributed by atoms with Crippen molar-refractivity contribution in [3.8, 4) is 0 Å². The number of nitrogens with one attached hydrogen (secondary N) is 1. The minimum absolute atomic E-state index is 0.124. The molecule has 164 valence electrons. The number of nitrogens with zero attached hydrogens (tertiary/aromatic N) is 4. The van der Waals surface area contributed by atoms with Crippen LogP contribution in [0.3, 0.4) is 0 Å². The van der Waals surface area contributed by atoms with Gasteiger partial charge in [0.2, 0.25) is 5.91 Å². The molecule has 0 saturated carbocycles. The van der Waals surface area contributed by atoms with E-state index in [0.717, 1.165) is 11.9 Å². The highest BCUT2D eigenvalue weighted by Gasteiger charge is 2.30. The quantitative estimate of drug-likeness (QED) is 0.738. The van der Waals surface area contributed by atoms with Gasteiger partial charge in [0.1, 0.15) is 5.82 Å². The number of fused-ring (bicyclic) bond motifs is 1. The number of methoxy groups -OCH3 is 1. The second-order valence-electron chi connectivity index (χ2n) is 7.38. The predicted molar refractivity (Wildman–Crippen MR) is 103 cm³/mol. The molecule has 2 heterocycles. The molecule has 3 rings (SSSR count). The highest BCUT2D eigenvalue weighted by atomic mass is 19.4. The standard InChI is InChI=1S/C20H26F3N5O2/c1-14(24-18(29)7-11-30-2)19-26-25-17-6-8-27(9-10-28(17)19)13-15-4-3-5-16(12-15)20(21,22)23/h3-5,12,14H,6-11,13H2,1-2H3,(H,24,29). The molecule has 0 radical (unpaired) electrons. The van der Waals surface area contributed by atoms with Gasteiger partial charge < -0.3 is 14.6 Å². The monoisotopic (exact) mass is 425 g/mol. The molecular formula is C20H26F3N5O2. The van der Waals surface area contributed by atoms with Crippen LogP contribution in [-0.2, 0) is 35.2 Å². The van der Waals surface area contributed by atoms with E-state index < -0.39 is 11.7 Å². The van der Waals surface area contributed by atoms with Crippen LogP contribution in [0.25, 0.3) is 0 Å². The maximum atomic E-state index is 13.0. The summed E-state index contributed by atoms with van der Waals surface area (Å²) in [5.41, 5.74) is -0.00577. The first-order valence-corrected chi connectivity index (χ1v) is 9.86. The predicted octanol–water partition coefficient (Wildman–Crippen LogP) is 2.57. The Labute approximate surface area is 173 Å². The number of amides is 1. The number of hydrogen-bond donors (Lipinski definition) is 1. The summed E-state index contributed by atoms with van der Waals surface area (Å²) in [4.78, 5) is 14.1. The van der Waals surface area contributed by atoms with Crippen LogP contribution >= 0.6 is 0 Å². The van der Waals surface area contributed by atoms with E-state index in [-0.39, 0.29) is 18.4 Å². The van der Waals surface area contributed by atoms with Crippen LogP contribution in [0.2, 0.25) is 0 Å². The third kappa shape index (κ3) is 5.57. The van der Waals surface area contributed by atoms with Crippen LogP contribution in [0.5, 0.6) is 0 Å². The van der Waals surface area contributed by atoms with Gasteiger partial charge in [0.15, 0.2) is 5.82 Å². The molecule has 30 heavy (non-hydrogen) atoms. The highest BCUT2D eigenvalue weighted by molar-refractivity contribution is 5.76. The second-order valence-corrected chi connectivity index (χ2v) is 7.38. The molecule has 1 unspecified atom stereocenters. The molecule has 1 aromatic heterocycles. The Morgan fingerprint density at radius 1 is 1.27 bits per heavy atom. The van der Waals surface area contributed by atoms with Crippen LogP contribution in [0.4, 0.5) is 13.2 Å². The van der Waals surface area contributed by atoms with Gasteiger partial charge in [-0.25, -0.2) is 0 Å². The smallest absolute Gasteiger partial charge is 0.384 e. The molecule has 0 bridgehead atoms. The Kier molecular flexibility index (Phi) is 7.09. The van der Waals surface area contributed by atoms with Crippen molar-refractivity contribution in [1.82, 2.24) is 25.0 Å². The van der Waals surface area contributed by atoms with Gasteiger partial charge in [-0.1, -0.05) is 18.2 Å². The van der Waals surface area contributed by atoms with Gasteiger partial charge in [0, 0.05) is 46.1 Å². The Bertz CT molecular complexity index is 868. The van der Waals surface area contributed by atoms with Crippen molar-refractivity contribution in [2.75, 3.05) is 26.8 Å². The van der Waals surface area contributed by atoms with E-state index in [1.165, 1.54) is 12.1 Å². The molecule has 0 saturated heterocycles. The zero-order chi connectivity index (χ0) is 21.7. The van der Waals surface area contributed by atoms with Crippen LogP contribution in [0.1, 0.15) is 42.2 Å². The average Bonchev–Trinajstić information content (AvgIpc) is 3.01. The van der Waals surface area contributed by atoms with Crippen LogP contribution < -0.4 is 5.32 Å². The number of carbonyl (C=O) groups is 1. The largest absolute Gasteiger partial charge is 0.416 e. The number of rotatable bonds is 7. The summed E-state index contributed by atoms with van der Waals surface area (Å²) in [6, 6.07) is 5.14. The molecule has 1 aliphatic rings. The number of halogens is 3. The van der Waals surface area contributed by atoms with E-state index in [4.69, 9.17) is 4.74 Å². The van der Waals surface area contributed by atoms with Crippen molar-refractivity contribution in [2.24, 2.45) is 0 Å². The number of carbonyl (C=O) groups excluding carboxylic acids is 1. The normalized spacial score (nSPS) is 16.0. The summed E-state index contributed by atoms with van der Waals surface area (Å²) in [6.45, 7) is 4.56. The van der Waals surface area contributed by atoms with Gasteiger partial charge in [-0.3, -0.25) is 9.69 Å². The fourth-order valence-corrected chi connectivity index (χ4v) is 3.54. The Morgan fingerprint density at radius 2 is 2.07 bits per heavy atom. The van der Waals surface area contributed by atoms with Gasteiger partial charge in [-0.2, -0.15) is 13.2 Å². The summed E-state index contributed by atoms with van der Waals surface area (Å²) in [7, 11) is 1.54. The summed E-state index contributed by atoms with van der Waals surface area (Å²) in [6.07, 6.45) is -3.44. The molecule has 7 nitrogen and oxygen atoms in total.